The molecule has 3 heteroatoms. The lowest BCUT2D eigenvalue weighted by molar-refractivity contribution is -0.0551. The molecule has 54 valence electrons. The summed E-state index contributed by atoms with van der Waals surface area (Å²) in [6.45, 7) is 2.70. The van der Waals surface area contributed by atoms with Crippen LogP contribution in [0.15, 0.2) is 0 Å². The van der Waals surface area contributed by atoms with Crippen molar-refractivity contribution in [1.29, 1.82) is 0 Å². The Kier molecular flexibility index (Phi) is 2.76. The fraction of sp³-hybridized carbons (Fsp3) is 1.00. The van der Waals surface area contributed by atoms with Crippen LogP contribution in [0.25, 0.3) is 0 Å². The smallest absolute Gasteiger partial charge is 0.159 e. The first kappa shape index (κ1) is 7.32. The molecule has 0 N–H and O–H groups in total. The fourth-order valence-corrected chi connectivity index (χ4v) is 0.999. The maximum atomic E-state index is 5.47. The van der Waals surface area contributed by atoms with Gasteiger partial charge in [-0.1, -0.05) is 0 Å². The Balaban J connectivity index is 2.14. The van der Waals surface area contributed by atoms with Crippen LogP contribution in [0, 0.1) is 0 Å². The van der Waals surface area contributed by atoms with Crippen molar-refractivity contribution in [3.8, 4) is 0 Å². The molecule has 1 heterocycles. The number of hydrogen-bond acceptors (Lipinski definition) is 2. The third-order valence-electron chi connectivity index (χ3n) is 1.25. The third kappa shape index (κ3) is 2.12. The van der Waals surface area contributed by atoms with Gasteiger partial charge in [-0.25, -0.2) is 0 Å². The van der Waals surface area contributed by atoms with Crippen molar-refractivity contribution in [2.24, 2.45) is 0 Å². The first-order valence-corrected chi connectivity index (χ1v) is 3.69. The van der Waals surface area contributed by atoms with Gasteiger partial charge in [0, 0.05) is 12.3 Å². The molecule has 0 aliphatic carbocycles. The van der Waals surface area contributed by atoms with Crippen LogP contribution in [0.3, 0.4) is 0 Å². The summed E-state index contributed by atoms with van der Waals surface area (Å²) in [5, 5.41) is 0. The van der Waals surface area contributed by atoms with Crippen LogP contribution in [0.4, 0.5) is 0 Å². The Labute approximate surface area is 60.1 Å². The second-order valence-corrected chi connectivity index (χ2v) is 2.57. The Hall–Kier alpha value is 0.210. The molecule has 0 unspecified atom stereocenters. The maximum Gasteiger partial charge on any atom is 0.159 e. The molecule has 0 saturated carbocycles. The van der Waals surface area contributed by atoms with E-state index in [0.717, 1.165) is 6.42 Å². The molecular formula is C6H11ClO2. The highest BCUT2D eigenvalue weighted by atomic mass is 35.5. The lowest BCUT2D eigenvalue weighted by atomic mass is 10.4. The first-order chi connectivity index (χ1) is 4.33. The van der Waals surface area contributed by atoms with E-state index in [0.29, 0.717) is 12.5 Å². The summed E-state index contributed by atoms with van der Waals surface area (Å²) in [4.78, 5) is 0. The van der Waals surface area contributed by atoms with Gasteiger partial charge in [0.1, 0.15) is 0 Å². The van der Waals surface area contributed by atoms with Gasteiger partial charge >= 0.3 is 0 Å². The van der Waals surface area contributed by atoms with Gasteiger partial charge in [0.15, 0.2) is 6.29 Å². The fourth-order valence-electron chi connectivity index (χ4n) is 0.821. The van der Waals surface area contributed by atoms with Crippen LogP contribution in [-0.4, -0.2) is 24.9 Å². The third-order valence-corrected chi connectivity index (χ3v) is 1.46. The van der Waals surface area contributed by atoms with Crippen LogP contribution in [-0.2, 0) is 9.47 Å². The zero-order valence-electron chi connectivity index (χ0n) is 5.47. The molecule has 1 fully saturated rings. The molecular weight excluding hydrogens is 140 g/mol. The summed E-state index contributed by atoms with van der Waals surface area (Å²) < 4.78 is 10.5. The van der Waals surface area contributed by atoms with Gasteiger partial charge in [0.2, 0.25) is 0 Å². The largest absolute Gasteiger partial charge is 0.350 e. The highest BCUT2D eigenvalue weighted by Crippen LogP contribution is 2.13. The molecule has 0 aromatic heterocycles. The predicted octanol–water partition coefficient (Wildman–Crippen LogP) is 1.38. The van der Waals surface area contributed by atoms with E-state index in [1.165, 1.54) is 0 Å². The minimum absolute atomic E-state index is 0.0440. The van der Waals surface area contributed by atoms with E-state index in [1.807, 2.05) is 6.92 Å². The van der Waals surface area contributed by atoms with Crippen LogP contribution in [0.1, 0.15) is 13.3 Å². The van der Waals surface area contributed by atoms with Gasteiger partial charge < -0.3 is 9.47 Å². The second-order valence-electron chi connectivity index (χ2n) is 2.19. The average Bonchev–Trinajstić information content (AvgIpc) is 2.17. The average molecular weight is 151 g/mol. The molecule has 0 bridgehead atoms. The number of hydrogen-bond donors (Lipinski definition) is 0. The summed E-state index contributed by atoms with van der Waals surface area (Å²) in [6, 6.07) is 0. The van der Waals surface area contributed by atoms with Gasteiger partial charge in [0.25, 0.3) is 0 Å². The molecule has 0 amide bonds. The van der Waals surface area contributed by atoms with Crippen LogP contribution in [0.2, 0.25) is 0 Å². The Morgan fingerprint density at radius 1 is 1.67 bits per heavy atom. The lowest BCUT2D eigenvalue weighted by Crippen LogP contribution is -2.09. The van der Waals surface area contributed by atoms with Crippen LogP contribution < -0.4 is 0 Å². The van der Waals surface area contributed by atoms with Crippen molar-refractivity contribution < 1.29 is 9.47 Å². The molecule has 2 nitrogen and oxygen atoms in total. The van der Waals surface area contributed by atoms with E-state index in [-0.39, 0.29) is 12.4 Å². The summed E-state index contributed by atoms with van der Waals surface area (Å²) in [6.07, 6.45) is 1.00. The van der Waals surface area contributed by atoms with Crippen LogP contribution in [0.5, 0.6) is 0 Å². The minimum Gasteiger partial charge on any atom is -0.350 e. The highest BCUT2D eigenvalue weighted by molar-refractivity contribution is 6.17. The molecule has 2 atom stereocenters. The SMILES string of the molecule is C[C@@H]1CO[C@H](CCCl)O1. The molecule has 1 saturated heterocycles. The monoisotopic (exact) mass is 150 g/mol. The Morgan fingerprint density at radius 3 is 2.89 bits per heavy atom. The van der Waals surface area contributed by atoms with Crippen molar-refractivity contribution in [1.82, 2.24) is 0 Å². The van der Waals surface area contributed by atoms with Crippen molar-refractivity contribution in [3.05, 3.63) is 0 Å². The van der Waals surface area contributed by atoms with Crippen molar-refractivity contribution in [2.75, 3.05) is 12.5 Å². The molecule has 0 radical (unpaired) electrons. The van der Waals surface area contributed by atoms with Gasteiger partial charge in [0.05, 0.1) is 12.7 Å². The van der Waals surface area contributed by atoms with Crippen molar-refractivity contribution in [3.63, 3.8) is 0 Å². The standard InChI is InChI=1S/C6H11ClO2/c1-5-4-8-6(9-5)2-3-7/h5-6H,2-4H2,1H3/t5-,6+/m1/s1. The Bertz CT molecular complexity index is 85.1. The molecule has 9 heavy (non-hydrogen) atoms. The Morgan fingerprint density at radius 2 is 2.44 bits per heavy atom. The molecule has 1 rings (SSSR count). The maximum absolute atomic E-state index is 5.47. The van der Waals surface area contributed by atoms with Crippen molar-refractivity contribution in [2.45, 2.75) is 25.7 Å². The molecule has 0 spiro atoms. The number of rotatable bonds is 2. The van der Waals surface area contributed by atoms with Gasteiger partial charge in [-0.05, 0) is 6.92 Å². The molecule has 0 aromatic rings. The number of alkyl halides is 1. The summed E-state index contributed by atoms with van der Waals surface area (Å²) in [7, 11) is 0. The van der Waals surface area contributed by atoms with E-state index in [4.69, 9.17) is 21.1 Å². The normalized spacial score (nSPS) is 35.3. The van der Waals surface area contributed by atoms with E-state index >= 15 is 0 Å². The lowest BCUT2D eigenvalue weighted by Gasteiger charge is -2.05. The zero-order valence-corrected chi connectivity index (χ0v) is 6.23. The quantitative estimate of drug-likeness (QED) is 0.554. The predicted molar refractivity (Wildman–Crippen MR) is 35.6 cm³/mol. The van der Waals surface area contributed by atoms with E-state index < -0.39 is 0 Å². The van der Waals surface area contributed by atoms with E-state index in [1.54, 1.807) is 0 Å². The molecule has 0 aromatic carbocycles. The van der Waals surface area contributed by atoms with E-state index in [9.17, 15) is 0 Å². The van der Waals surface area contributed by atoms with E-state index in [2.05, 4.69) is 0 Å². The first-order valence-electron chi connectivity index (χ1n) is 3.16. The molecule has 1 aliphatic rings. The molecule has 1 aliphatic heterocycles. The van der Waals surface area contributed by atoms with Gasteiger partial charge in [-0.15, -0.1) is 11.6 Å². The second kappa shape index (κ2) is 3.40. The summed E-state index contributed by atoms with van der Waals surface area (Å²) in [5.41, 5.74) is 0. The summed E-state index contributed by atoms with van der Waals surface area (Å²) >= 11 is 5.47. The highest BCUT2D eigenvalue weighted by Gasteiger charge is 2.20. The number of ether oxygens (including phenoxy) is 2. The topological polar surface area (TPSA) is 18.5 Å². The number of halogens is 1. The van der Waals surface area contributed by atoms with Crippen LogP contribution >= 0.6 is 11.6 Å². The zero-order chi connectivity index (χ0) is 6.69. The summed E-state index contributed by atoms with van der Waals surface area (Å²) in [5.74, 6) is 0.609. The van der Waals surface area contributed by atoms with Gasteiger partial charge in [-0.3, -0.25) is 0 Å². The minimum atomic E-state index is -0.0440. The van der Waals surface area contributed by atoms with Crippen molar-refractivity contribution >= 4 is 11.6 Å². The van der Waals surface area contributed by atoms with Gasteiger partial charge in [-0.2, -0.15) is 0 Å².